The monoisotopic (exact) mass is 250 g/mol. The Kier molecular flexibility index (Phi) is 4.51. The van der Waals surface area contributed by atoms with Gasteiger partial charge in [-0.15, -0.1) is 0 Å². The van der Waals surface area contributed by atoms with Gasteiger partial charge in [0.25, 0.3) is 0 Å². The third-order valence-electron chi connectivity index (χ3n) is 2.74. The molecule has 0 saturated heterocycles. The first-order valence-electron chi connectivity index (χ1n) is 6.31. The molecule has 19 heavy (non-hydrogen) atoms. The highest BCUT2D eigenvalue weighted by Gasteiger charge is 1.90. The van der Waals surface area contributed by atoms with E-state index in [1.165, 1.54) is 5.56 Å². The lowest BCUT2D eigenvalue weighted by molar-refractivity contribution is 1.08. The normalized spacial score (nSPS) is 11.9. The standard InChI is InChI=1S/C17H18N2/c1-14(11-15-5-3-2-4-6-15)12-19-13-16-7-9-17(18)10-8-16/h2-12H,13,18H2,1H3/b14-11+,19-12+. The van der Waals surface area contributed by atoms with E-state index in [0.29, 0.717) is 6.54 Å². The molecule has 2 aromatic carbocycles. The summed E-state index contributed by atoms with van der Waals surface area (Å²) in [5.74, 6) is 0. The molecule has 2 rings (SSSR count). The first-order chi connectivity index (χ1) is 9.24. The van der Waals surface area contributed by atoms with Crippen LogP contribution in [0.4, 0.5) is 5.69 Å². The predicted octanol–water partition coefficient (Wildman–Crippen LogP) is 3.94. The molecule has 0 bridgehead atoms. The second kappa shape index (κ2) is 6.55. The second-order valence-corrected chi connectivity index (χ2v) is 4.51. The molecule has 0 atom stereocenters. The summed E-state index contributed by atoms with van der Waals surface area (Å²) in [5.41, 5.74) is 9.93. The van der Waals surface area contributed by atoms with Crippen LogP contribution in [-0.4, -0.2) is 6.21 Å². The summed E-state index contributed by atoms with van der Waals surface area (Å²) in [6.45, 7) is 2.74. The lowest BCUT2D eigenvalue weighted by Crippen LogP contribution is -1.87. The molecule has 0 fully saturated rings. The van der Waals surface area contributed by atoms with Gasteiger partial charge in [0.15, 0.2) is 0 Å². The second-order valence-electron chi connectivity index (χ2n) is 4.51. The van der Waals surface area contributed by atoms with Crippen molar-refractivity contribution in [2.75, 3.05) is 5.73 Å². The number of nitrogen functional groups attached to an aromatic ring is 1. The molecule has 96 valence electrons. The summed E-state index contributed by atoms with van der Waals surface area (Å²) >= 11 is 0. The molecule has 0 saturated carbocycles. The van der Waals surface area contributed by atoms with Gasteiger partial charge in [-0.1, -0.05) is 48.5 Å². The van der Waals surface area contributed by atoms with Gasteiger partial charge in [-0.25, -0.2) is 0 Å². The third kappa shape index (κ3) is 4.43. The average molecular weight is 250 g/mol. The van der Waals surface area contributed by atoms with Crippen molar-refractivity contribution in [3.63, 3.8) is 0 Å². The maximum absolute atomic E-state index is 5.64. The maximum atomic E-state index is 5.64. The zero-order chi connectivity index (χ0) is 13.5. The average Bonchev–Trinajstić information content (AvgIpc) is 2.42. The fourth-order valence-electron chi connectivity index (χ4n) is 1.77. The zero-order valence-corrected chi connectivity index (χ0v) is 11.1. The van der Waals surface area contributed by atoms with Gasteiger partial charge in [0, 0.05) is 11.9 Å². The van der Waals surface area contributed by atoms with Gasteiger partial charge in [-0.05, 0) is 35.8 Å². The molecule has 2 heteroatoms. The molecule has 2 N–H and O–H groups in total. The van der Waals surface area contributed by atoms with Gasteiger partial charge >= 0.3 is 0 Å². The molecule has 0 unspecified atom stereocenters. The van der Waals surface area contributed by atoms with Crippen LogP contribution in [0.15, 0.2) is 65.2 Å². The number of nitrogens with two attached hydrogens (primary N) is 1. The Labute approximate surface area is 114 Å². The topological polar surface area (TPSA) is 38.4 Å². The van der Waals surface area contributed by atoms with Crippen molar-refractivity contribution in [3.8, 4) is 0 Å². The summed E-state index contributed by atoms with van der Waals surface area (Å²) in [6, 6.07) is 18.0. The summed E-state index contributed by atoms with van der Waals surface area (Å²) in [5, 5.41) is 0. The molecule has 0 spiro atoms. The van der Waals surface area contributed by atoms with Crippen molar-refractivity contribution in [3.05, 3.63) is 71.3 Å². The Balaban J connectivity index is 1.95. The molecule has 0 radical (unpaired) electrons. The van der Waals surface area contributed by atoms with E-state index in [9.17, 15) is 0 Å². The van der Waals surface area contributed by atoms with E-state index in [0.717, 1.165) is 16.8 Å². The van der Waals surface area contributed by atoms with Crippen LogP contribution in [0.2, 0.25) is 0 Å². The quantitative estimate of drug-likeness (QED) is 0.647. The minimum Gasteiger partial charge on any atom is -0.399 e. The minimum atomic E-state index is 0.681. The van der Waals surface area contributed by atoms with Crippen LogP contribution in [0.3, 0.4) is 0 Å². The highest BCUT2D eigenvalue weighted by atomic mass is 14.7. The zero-order valence-electron chi connectivity index (χ0n) is 11.1. The Morgan fingerprint density at radius 3 is 2.42 bits per heavy atom. The molecular weight excluding hydrogens is 232 g/mol. The number of hydrogen-bond donors (Lipinski definition) is 1. The number of hydrogen-bond acceptors (Lipinski definition) is 2. The van der Waals surface area contributed by atoms with E-state index >= 15 is 0 Å². The summed E-state index contributed by atoms with van der Waals surface area (Å²) in [4.78, 5) is 4.43. The third-order valence-corrected chi connectivity index (χ3v) is 2.74. The van der Waals surface area contributed by atoms with Crippen molar-refractivity contribution in [2.24, 2.45) is 4.99 Å². The molecule has 0 heterocycles. The number of benzene rings is 2. The lowest BCUT2D eigenvalue weighted by Gasteiger charge is -1.98. The van der Waals surface area contributed by atoms with Gasteiger partial charge < -0.3 is 5.73 Å². The summed E-state index contributed by atoms with van der Waals surface area (Å²) < 4.78 is 0. The number of nitrogens with zero attached hydrogens (tertiary/aromatic N) is 1. The van der Waals surface area contributed by atoms with Crippen molar-refractivity contribution in [1.29, 1.82) is 0 Å². The Morgan fingerprint density at radius 1 is 1.05 bits per heavy atom. The minimum absolute atomic E-state index is 0.681. The van der Waals surface area contributed by atoms with Gasteiger partial charge in [-0.3, -0.25) is 4.99 Å². The van der Waals surface area contributed by atoms with Crippen molar-refractivity contribution in [1.82, 2.24) is 0 Å². The van der Waals surface area contributed by atoms with Gasteiger partial charge in [0.05, 0.1) is 6.54 Å². The van der Waals surface area contributed by atoms with Crippen LogP contribution in [0.25, 0.3) is 6.08 Å². The smallest absolute Gasteiger partial charge is 0.0639 e. The van der Waals surface area contributed by atoms with Crippen LogP contribution in [-0.2, 0) is 6.54 Å². The molecule has 0 aliphatic carbocycles. The molecule has 0 amide bonds. The first kappa shape index (κ1) is 13.1. The lowest BCUT2D eigenvalue weighted by atomic mass is 10.1. The molecule has 0 aromatic heterocycles. The van der Waals surface area contributed by atoms with E-state index in [1.54, 1.807) is 0 Å². The Hall–Kier alpha value is -2.35. The molecule has 2 nitrogen and oxygen atoms in total. The van der Waals surface area contributed by atoms with Crippen molar-refractivity contribution >= 4 is 18.0 Å². The molecule has 0 aliphatic rings. The predicted molar refractivity (Wildman–Crippen MR) is 83.1 cm³/mol. The van der Waals surface area contributed by atoms with Crippen molar-refractivity contribution in [2.45, 2.75) is 13.5 Å². The van der Waals surface area contributed by atoms with E-state index in [2.05, 4.69) is 30.1 Å². The highest BCUT2D eigenvalue weighted by molar-refractivity contribution is 5.84. The number of allylic oxidation sites excluding steroid dienone is 1. The van der Waals surface area contributed by atoms with E-state index in [4.69, 9.17) is 5.73 Å². The van der Waals surface area contributed by atoms with Crippen LogP contribution in [0.5, 0.6) is 0 Å². The van der Waals surface area contributed by atoms with Gasteiger partial charge in [-0.2, -0.15) is 0 Å². The highest BCUT2D eigenvalue weighted by Crippen LogP contribution is 2.07. The number of aliphatic imine (C=N–C) groups is 1. The molecule has 0 aliphatic heterocycles. The first-order valence-corrected chi connectivity index (χ1v) is 6.31. The number of anilines is 1. The molecule has 2 aromatic rings. The van der Waals surface area contributed by atoms with E-state index in [1.807, 2.05) is 48.7 Å². The maximum Gasteiger partial charge on any atom is 0.0639 e. The summed E-state index contributed by atoms with van der Waals surface area (Å²) in [7, 11) is 0. The molecular formula is C17H18N2. The van der Waals surface area contributed by atoms with Crippen LogP contribution in [0, 0.1) is 0 Å². The van der Waals surface area contributed by atoms with Gasteiger partial charge in [0.1, 0.15) is 0 Å². The summed E-state index contributed by atoms with van der Waals surface area (Å²) in [6.07, 6.45) is 4.02. The van der Waals surface area contributed by atoms with Crippen LogP contribution < -0.4 is 5.73 Å². The van der Waals surface area contributed by atoms with Gasteiger partial charge in [0.2, 0.25) is 0 Å². The van der Waals surface area contributed by atoms with E-state index < -0.39 is 0 Å². The fraction of sp³-hybridized carbons (Fsp3) is 0.118. The largest absolute Gasteiger partial charge is 0.399 e. The van der Waals surface area contributed by atoms with Crippen LogP contribution >= 0.6 is 0 Å². The SMILES string of the molecule is CC(/C=N/Cc1ccc(N)cc1)=C\c1ccccc1. The van der Waals surface area contributed by atoms with E-state index in [-0.39, 0.29) is 0 Å². The Bertz CT molecular complexity index is 566. The Morgan fingerprint density at radius 2 is 1.74 bits per heavy atom. The van der Waals surface area contributed by atoms with Crippen LogP contribution in [0.1, 0.15) is 18.1 Å². The number of rotatable bonds is 4. The fourth-order valence-corrected chi connectivity index (χ4v) is 1.77. The van der Waals surface area contributed by atoms with Crippen molar-refractivity contribution < 1.29 is 0 Å².